The third-order valence-electron chi connectivity index (χ3n) is 4.57. The molecule has 0 aliphatic carbocycles. The number of rotatable bonds is 4. The van der Waals surface area contributed by atoms with Crippen LogP contribution in [0.25, 0.3) is 0 Å². The Bertz CT molecular complexity index is 976. The summed E-state index contributed by atoms with van der Waals surface area (Å²) in [6, 6.07) is 0.407. The summed E-state index contributed by atoms with van der Waals surface area (Å²) in [4.78, 5) is 34.0. The van der Waals surface area contributed by atoms with Crippen LogP contribution in [0.15, 0.2) is 35.6 Å². The highest BCUT2D eigenvalue weighted by Gasteiger charge is 2.40. The van der Waals surface area contributed by atoms with Crippen molar-refractivity contribution in [2.75, 3.05) is 0 Å². The van der Waals surface area contributed by atoms with Crippen LogP contribution < -0.4 is 5.32 Å². The number of nitrogens with zero attached hydrogens (tertiary/aromatic N) is 1. The standard InChI is InChI=1S/C18H16N2O8/c21-14-6-9-5-13(18(27)28)20(12(9)7-15(14)22)2-1-8-3-10(16(23)24)19-11(4-8)17(25)26/h1-3,6-7,11,13H,4-5H2,(H5,21,22,23,24,25,26,27,28)/p+1/t11-,13+/m1/s1. The van der Waals surface area contributed by atoms with E-state index in [-0.39, 0.29) is 24.3 Å². The summed E-state index contributed by atoms with van der Waals surface area (Å²) < 4.78 is 1.37. The van der Waals surface area contributed by atoms with Crippen LogP contribution in [0, 0.1) is 0 Å². The van der Waals surface area contributed by atoms with Gasteiger partial charge in [0.05, 0.1) is 12.5 Å². The van der Waals surface area contributed by atoms with E-state index in [9.17, 15) is 34.8 Å². The molecule has 10 nitrogen and oxygen atoms in total. The Labute approximate surface area is 158 Å². The molecule has 10 heteroatoms. The van der Waals surface area contributed by atoms with Crippen molar-refractivity contribution < 1.29 is 44.5 Å². The van der Waals surface area contributed by atoms with Crippen LogP contribution in [0.3, 0.4) is 0 Å². The molecule has 1 aromatic carbocycles. The largest absolute Gasteiger partial charge is 0.504 e. The molecule has 0 aromatic heterocycles. The van der Waals surface area contributed by atoms with Gasteiger partial charge in [0.15, 0.2) is 17.7 Å². The summed E-state index contributed by atoms with van der Waals surface area (Å²) in [5, 5.41) is 49.6. The number of aliphatic carboxylic acids is 3. The van der Waals surface area contributed by atoms with E-state index in [2.05, 4.69) is 5.32 Å². The topological polar surface area (TPSA) is 167 Å². The highest BCUT2D eigenvalue weighted by molar-refractivity contribution is 5.89. The van der Waals surface area contributed by atoms with Gasteiger partial charge in [-0.1, -0.05) is 0 Å². The Hall–Kier alpha value is -3.82. The van der Waals surface area contributed by atoms with Crippen LogP contribution in [0.2, 0.25) is 0 Å². The fraction of sp³-hybridized carbons (Fsp3) is 0.222. The molecule has 0 amide bonds. The average Bonchev–Trinajstić information content (AvgIpc) is 2.97. The predicted molar refractivity (Wildman–Crippen MR) is 93.9 cm³/mol. The molecule has 2 aliphatic heterocycles. The molecular weight excluding hydrogens is 372 g/mol. The number of hydrogen-bond acceptors (Lipinski definition) is 6. The maximum absolute atomic E-state index is 11.6. The minimum atomic E-state index is -1.31. The molecule has 2 atom stereocenters. The first-order valence-electron chi connectivity index (χ1n) is 8.21. The number of hydrogen-bond donors (Lipinski definition) is 6. The van der Waals surface area contributed by atoms with Crippen molar-refractivity contribution in [3.63, 3.8) is 0 Å². The first-order chi connectivity index (χ1) is 13.2. The van der Waals surface area contributed by atoms with Gasteiger partial charge in [0, 0.05) is 18.1 Å². The SMILES string of the molecule is O=C(O)C1=CC(=CC=[N+]2c3cc(O)c(O)cc3C[C@H]2C(=O)O)C[C@H](C(=O)O)N1. The molecule has 0 radical (unpaired) electrons. The molecule has 0 fully saturated rings. The summed E-state index contributed by atoms with van der Waals surface area (Å²) in [5.74, 6) is -4.42. The lowest BCUT2D eigenvalue weighted by Crippen LogP contribution is -2.41. The Morgan fingerprint density at radius 1 is 1.04 bits per heavy atom. The maximum Gasteiger partial charge on any atom is 0.373 e. The summed E-state index contributed by atoms with van der Waals surface area (Å²) in [6.07, 6.45) is 4.21. The van der Waals surface area contributed by atoms with E-state index in [4.69, 9.17) is 5.11 Å². The van der Waals surface area contributed by atoms with Gasteiger partial charge in [-0.3, -0.25) is 0 Å². The van der Waals surface area contributed by atoms with Gasteiger partial charge in [-0.25, -0.2) is 14.4 Å². The van der Waals surface area contributed by atoms with Crippen molar-refractivity contribution in [2.45, 2.75) is 24.9 Å². The Balaban J connectivity index is 2.04. The van der Waals surface area contributed by atoms with Crippen molar-refractivity contribution in [1.29, 1.82) is 0 Å². The molecule has 6 N–H and O–H groups in total. The zero-order valence-electron chi connectivity index (χ0n) is 14.4. The van der Waals surface area contributed by atoms with E-state index < -0.39 is 35.7 Å². The predicted octanol–water partition coefficient (Wildman–Crippen LogP) is 0.163. The zero-order chi connectivity index (χ0) is 20.6. The second-order valence-corrected chi connectivity index (χ2v) is 6.43. The molecule has 2 heterocycles. The average molecular weight is 389 g/mol. The molecule has 0 saturated heterocycles. The van der Waals surface area contributed by atoms with Gasteiger partial charge in [-0.05, 0) is 17.7 Å². The van der Waals surface area contributed by atoms with E-state index in [0.29, 0.717) is 16.8 Å². The summed E-state index contributed by atoms with van der Waals surface area (Å²) >= 11 is 0. The first-order valence-corrected chi connectivity index (χ1v) is 8.21. The van der Waals surface area contributed by atoms with E-state index in [0.717, 1.165) is 0 Å². The smallest absolute Gasteiger partial charge is 0.373 e. The number of carboxylic acid groups (broad SMARTS) is 3. The fourth-order valence-corrected chi connectivity index (χ4v) is 3.20. The number of phenolic OH excluding ortho intramolecular Hbond substituents is 2. The first kappa shape index (κ1) is 19.0. The van der Waals surface area contributed by atoms with Crippen LogP contribution in [0.4, 0.5) is 5.69 Å². The minimum Gasteiger partial charge on any atom is -0.504 e. The minimum absolute atomic E-state index is 0.00186. The molecule has 0 bridgehead atoms. The zero-order valence-corrected chi connectivity index (χ0v) is 14.4. The van der Waals surface area contributed by atoms with Gasteiger partial charge in [-0.15, -0.1) is 0 Å². The van der Waals surface area contributed by atoms with Crippen molar-refractivity contribution in [2.24, 2.45) is 0 Å². The lowest BCUT2D eigenvalue weighted by molar-refractivity contribution is -0.456. The van der Waals surface area contributed by atoms with Crippen molar-refractivity contribution in [3.8, 4) is 11.5 Å². The number of fused-ring (bicyclic) bond motifs is 1. The van der Waals surface area contributed by atoms with Gasteiger partial charge in [-0.2, -0.15) is 4.58 Å². The van der Waals surface area contributed by atoms with E-state index in [1.807, 2.05) is 0 Å². The Morgan fingerprint density at radius 3 is 2.32 bits per heavy atom. The molecule has 1 aromatic rings. The lowest BCUT2D eigenvalue weighted by Gasteiger charge is -2.21. The number of phenols is 2. The number of nitrogens with one attached hydrogen (secondary N) is 1. The molecule has 2 aliphatic rings. The number of carboxylic acids is 3. The van der Waals surface area contributed by atoms with Gasteiger partial charge in [0.1, 0.15) is 11.7 Å². The third kappa shape index (κ3) is 3.52. The van der Waals surface area contributed by atoms with Crippen LogP contribution in [-0.4, -0.2) is 66.3 Å². The van der Waals surface area contributed by atoms with Crippen LogP contribution in [0.1, 0.15) is 12.0 Å². The molecule has 0 saturated carbocycles. The van der Waals surface area contributed by atoms with E-state index in [1.165, 1.54) is 35.1 Å². The van der Waals surface area contributed by atoms with Crippen LogP contribution >= 0.6 is 0 Å². The highest BCUT2D eigenvalue weighted by Crippen LogP contribution is 2.38. The normalized spacial score (nSPS) is 23.8. The Kier molecular flexibility index (Phi) is 4.78. The van der Waals surface area contributed by atoms with Crippen molar-refractivity contribution in [3.05, 3.63) is 41.1 Å². The monoisotopic (exact) mass is 389 g/mol. The van der Waals surface area contributed by atoms with Crippen LogP contribution in [0.5, 0.6) is 11.5 Å². The molecule has 3 rings (SSSR count). The molecular formula is C18H17N2O8+. The quantitative estimate of drug-likeness (QED) is 0.310. The summed E-state index contributed by atoms with van der Waals surface area (Å²) in [5.41, 5.74) is 1.00. The highest BCUT2D eigenvalue weighted by atomic mass is 16.4. The van der Waals surface area contributed by atoms with Crippen molar-refractivity contribution in [1.82, 2.24) is 5.32 Å². The van der Waals surface area contributed by atoms with Gasteiger partial charge in [0.2, 0.25) is 5.69 Å². The summed E-state index contributed by atoms with van der Waals surface area (Å²) in [6.45, 7) is 0. The Morgan fingerprint density at radius 2 is 1.71 bits per heavy atom. The van der Waals surface area contributed by atoms with Crippen LogP contribution in [-0.2, 0) is 20.8 Å². The second-order valence-electron chi connectivity index (χ2n) is 6.43. The number of benzene rings is 1. The van der Waals surface area contributed by atoms with Gasteiger partial charge in [0.25, 0.3) is 6.04 Å². The molecule has 146 valence electrons. The number of allylic oxidation sites excluding steroid dienone is 2. The molecule has 28 heavy (non-hydrogen) atoms. The number of carbonyl (C=O) groups is 3. The third-order valence-corrected chi connectivity index (χ3v) is 4.57. The second kappa shape index (κ2) is 7.06. The molecule has 0 spiro atoms. The number of aromatic hydroxyl groups is 2. The van der Waals surface area contributed by atoms with Gasteiger partial charge >= 0.3 is 17.9 Å². The fourth-order valence-electron chi connectivity index (χ4n) is 3.20. The van der Waals surface area contributed by atoms with E-state index in [1.54, 1.807) is 0 Å². The van der Waals surface area contributed by atoms with E-state index >= 15 is 0 Å². The maximum atomic E-state index is 11.6. The lowest BCUT2D eigenvalue weighted by atomic mass is 10.00. The van der Waals surface area contributed by atoms with Gasteiger partial charge < -0.3 is 30.8 Å². The van der Waals surface area contributed by atoms with Crippen molar-refractivity contribution >= 4 is 29.8 Å². The molecule has 0 unspecified atom stereocenters. The summed E-state index contributed by atoms with van der Waals surface area (Å²) in [7, 11) is 0.